The summed E-state index contributed by atoms with van der Waals surface area (Å²) in [6.45, 7) is 7.70. The van der Waals surface area contributed by atoms with E-state index in [9.17, 15) is 4.79 Å². The first kappa shape index (κ1) is 12.2. The molecule has 0 aromatic heterocycles. The van der Waals surface area contributed by atoms with Gasteiger partial charge in [0.25, 0.3) is 0 Å². The fourth-order valence-electron chi connectivity index (χ4n) is 2.24. The van der Waals surface area contributed by atoms with Gasteiger partial charge in [0, 0.05) is 23.8 Å². The van der Waals surface area contributed by atoms with Gasteiger partial charge in [0.15, 0.2) is 0 Å². The first-order chi connectivity index (χ1) is 8.11. The summed E-state index contributed by atoms with van der Waals surface area (Å²) in [4.78, 5) is 13.2. The molecule has 1 saturated carbocycles. The van der Waals surface area contributed by atoms with Crippen molar-refractivity contribution in [1.29, 1.82) is 0 Å². The second-order valence-corrected chi connectivity index (χ2v) is 5.35. The quantitative estimate of drug-likeness (QED) is 0.724. The van der Waals surface area contributed by atoms with Gasteiger partial charge in [-0.2, -0.15) is 0 Å². The zero-order valence-corrected chi connectivity index (χ0v) is 10.9. The lowest BCUT2D eigenvalue weighted by molar-refractivity contribution is 0.112. The Kier molecular flexibility index (Phi) is 3.51. The van der Waals surface area contributed by atoms with Crippen molar-refractivity contribution in [3.8, 4) is 0 Å². The molecule has 1 fully saturated rings. The van der Waals surface area contributed by atoms with E-state index < -0.39 is 0 Å². The molecule has 1 aliphatic carbocycles. The van der Waals surface area contributed by atoms with Crippen LogP contribution in [0.4, 0.5) is 5.69 Å². The van der Waals surface area contributed by atoms with Gasteiger partial charge >= 0.3 is 0 Å². The number of carbonyl (C=O) groups excluding carboxylic acids is 1. The van der Waals surface area contributed by atoms with Crippen molar-refractivity contribution < 1.29 is 4.79 Å². The number of hydrogen-bond donors (Lipinski definition) is 0. The summed E-state index contributed by atoms with van der Waals surface area (Å²) in [6, 6.07) is 6.49. The highest BCUT2D eigenvalue weighted by molar-refractivity contribution is 5.77. The van der Waals surface area contributed by atoms with E-state index in [1.165, 1.54) is 24.1 Å². The highest BCUT2D eigenvalue weighted by atomic mass is 16.1. The molecule has 2 rings (SSSR count). The monoisotopic (exact) mass is 231 g/mol. The number of rotatable bonds is 5. The van der Waals surface area contributed by atoms with Gasteiger partial charge in [-0.05, 0) is 63.3 Å². The highest BCUT2D eigenvalue weighted by Gasteiger charge is 2.26. The van der Waals surface area contributed by atoms with Crippen molar-refractivity contribution in [1.82, 2.24) is 0 Å². The third kappa shape index (κ3) is 2.87. The van der Waals surface area contributed by atoms with E-state index in [1.54, 1.807) is 0 Å². The smallest absolute Gasteiger partial charge is 0.150 e. The molecule has 1 aliphatic rings. The molecule has 0 N–H and O–H groups in total. The number of anilines is 1. The summed E-state index contributed by atoms with van der Waals surface area (Å²) < 4.78 is 0. The molecule has 0 amide bonds. The number of carbonyl (C=O) groups is 1. The minimum Gasteiger partial charge on any atom is -0.369 e. The molecule has 0 bridgehead atoms. The number of aryl methyl sites for hydroxylation is 1. The Bertz CT molecular complexity index is 407. The van der Waals surface area contributed by atoms with Crippen molar-refractivity contribution in [2.24, 2.45) is 5.92 Å². The lowest BCUT2D eigenvalue weighted by Gasteiger charge is -2.30. The van der Waals surface area contributed by atoms with Gasteiger partial charge in [-0.3, -0.25) is 4.79 Å². The van der Waals surface area contributed by atoms with Crippen molar-refractivity contribution in [3.63, 3.8) is 0 Å². The van der Waals surface area contributed by atoms with E-state index in [0.29, 0.717) is 6.04 Å². The molecule has 0 saturated heterocycles. The standard InChI is InChI=1S/C15H21NO/c1-11(2)16(9-13-4-5-13)15-7-6-14(10-17)8-12(15)3/h6-8,10-11,13H,4-5,9H2,1-3H3. The number of hydrogen-bond acceptors (Lipinski definition) is 2. The van der Waals surface area contributed by atoms with Crippen LogP contribution in [-0.4, -0.2) is 18.9 Å². The Balaban J connectivity index is 2.24. The fourth-order valence-corrected chi connectivity index (χ4v) is 2.24. The van der Waals surface area contributed by atoms with Crippen LogP contribution in [0.15, 0.2) is 18.2 Å². The largest absolute Gasteiger partial charge is 0.369 e. The molecular weight excluding hydrogens is 210 g/mol. The predicted molar refractivity (Wildman–Crippen MR) is 71.8 cm³/mol. The normalized spacial score (nSPS) is 15.1. The van der Waals surface area contributed by atoms with Crippen LogP contribution in [0.25, 0.3) is 0 Å². The maximum atomic E-state index is 10.7. The highest BCUT2D eigenvalue weighted by Crippen LogP contribution is 2.33. The van der Waals surface area contributed by atoms with Crippen LogP contribution in [0.1, 0.15) is 42.6 Å². The second kappa shape index (κ2) is 4.91. The van der Waals surface area contributed by atoms with Gasteiger partial charge < -0.3 is 4.90 Å². The van der Waals surface area contributed by atoms with Gasteiger partial charge in [-0.15, -0.1) is 0 Å². The van der Waals surface area contributed by atoms with E-state index in [-0.39, 0.29) is 0 Å². The Hall–Kier alpha value is -1.31. The van der Waals surface area contributed by atoms with Crippen molar-refractivity contribution in [2.45, 2.75) is 39.7 Å². The Morgan fingerprint density at radius 2 is 2.12 bits per heavy atom. The number of benzene rings is 1. The molecule has 0 heterocycles. The molecule has 92 valence electrons. The average Bonchev–Trinajstić information content (AvgIpc) is 3.10. The molecule has 17 heavy (non-hydrogen) atoms. The first-order valence-corrected chi connectivity index (χ1v) is 6.44. The molecule has 2 heteroatoms. The van der Waals surface area contributed by atoms with Crippen LogP contribution < -0.4 is 4.90 Å². The van der Waals surface area contributed by atoms with Gasteiger partial charge in [0.1, 0.15) is 6.29 Å². The molecule has 1 aromatic carbocycles. The lowest BCUT2D eigenvalue weighted by atomic mass is 10.1. The molecule has 0 radical (unpaired) electrons. The van der Waals surface area contributed by atoms with E-state index in [0.717, 1.165) is 24.3 Å². The zero-order chi connectivity index (χ0) is 12.4. The molecule has 0 unspecified atom stereocenters. The summed E-state index contributed by atoms with van der Waals surface area (Å²) in [5, 5.41) is 0. The van der Waals surface area contributed by atoms with Crippen molar-refractivity contribution >= 4 is 12.0 Å². The van der Waals surface area contributed by atoms with Gasteiger partial charge in [0.05, 0.1) is 0 Å². The minimum absolute atomic E-state index is 0.511. The van der Waals surface area contributed by atoms with E-state index in [1.807, 2.05) is 12.1 Å². The molecular formula is C15H21NO. The predicted octanol–water partition coefficient (Wildman–Crippen LogP) is 3.43. The summed E-state index contributed by atoms with van der Waals surface area (Å²) in [6.07, 6.45) is 3.65. The fraction of sp³-hybridized carbons (Fsp3) is 0.533. The summed E-state index contributed by atoms with van der Waals surface area (Å²) in [5.41, 5.74) is 3.24. The van der Waals surface area contributed by atoms with Crippen molar-refractivity contribution in [2.75, 3.05) is 11.4 Å². The zero-order valence-electron chi connectivity index (χ0n) is 10.9. The molecule has 0 spiro atoms. The van der Waals surface area contributed by atoms with Crippen molar-refractivity contribution in [3.05, 3.63) is 29.3 Å². The van der Waals surface area contributed by atoms with Crippen LogP contribution in [0.2, 0.25) is 0 Å². The van der Waals surface area contributed by atoms with Crippen LogP contribution in [0, 0.1) is 12.8 Å². The topological polar surface area (TPSA) is 20.3 Å². The Morgan fingerprint density at radius 1 is 1.41 bits per heavy atom. The third-order valence-electron chi connectivity index (χ3n) is 3.44. The van der Waals surface area contributed by atoms with E-state index >= 15 is 0 Å². The molecule has 0 atom stereocenters. The minimum atomic E-state index is 0.511. The number of aldehydes is 1. The SMILES string of the molecule is Cc1cc(C=O)ccc1N(CC1CC1)C(C)C. The maximum Gasteiger partial charge on any atom is 0.150 e. The van der Waals surface area contributed by atoms with E-state index in [4.69, 9.17) is 0 Å². The second-order valence-electron chi connectivity index (χ2n) is 5.35. The first-order valence-electron chi connectivity index (χ1n) is 6.44. The summed E-state index contributed by atoms with van der Waals surface area (Å²) in [7, 11) is 0. The number of nitrogens with zero attached hydrogens (tertiary/aromatic N) is 1. The summed E-state index contributed by atoms with van der Waals surface area (Å²) in [5.74, 6) is 0.877. The van der Waals surface area contributed by atoms with Gasteiger partial charge in [-0.1, -0.05) is 0 Å². The molecule has 2 nitrogen and oxygen atoms in total. The van der Waals surface area contributed by atoms with Crippen LogP contribution in [0.3, 0.4) is 0 Å². The van der Waals surface area contributed by atoms with Crippen LogP contribution in [-0.2, 0) is 0 Å². The Labute approximate surface area is 104 Å². The third-order valence-corrected chi connectivity index (χ3v) is 3.44. The molecule has 0 aliphatic heterocycles. The average molecular weight is 231 g/mol. The van der Waals surface area contributed by atoms with E-state index in [2.05, 4.69) is 31.7 Å². The maximum absolute atomic E-state index is 10.7. The summed E-state index contributed by atoms with van der Waals surface area (Å²) >= 11 is 0. The lowest BCUT2D eigenvalue weighted by Crippen LogP contribution is -2.33. The van der Waals surface area contributed by atoms with Crippen LogP contribution >= 0.6 is 0 Å². The Morgan fingerprint density at radius 3 is 2.59 bits per heavy atom. The van der Waals surface area contributed by atoms with Crippen LogP contribution in [0.5, 0.6) is 0 Å². The molecule has 1 aromatic rings. The van der Waals surface area contributed by atoms with Gasteiger partial charge in [0.2, 0.25) is 0 Å². The van der Waals surface area contributed by atoms with Gasteiger partial charge in [-0.25, -0.2) is 0 Å².